The molecule has 11 heteroatoms. The molecule has 152 valence electrons. The summed E-state index contributed by atoms with van der Waals surface area (Å²) in [5.74, 6) is 0.0295. The van der Waals surface area contributed by atoms with Crippen molar-refractivity contribution in [3.63, 3.8) is 0 Å². The van der Waals surface area contributed by atoms with Gasteiger partial charge in [-0.05, 0) is 18.2 Å². The Morgan fingerprint density at radius 2 is 2.03 bits per heavy atom. The summed E-state index contributed by atoms with van der Waals surface area (Å²) in [4.78, 5) is 16.5. The Kier molecular flexibility index (Phi) is 5.77. The van der Waals surface area contributed by atoms with Gasteiger partial charge in [0.15, 0.2) is 5.16 Å². The fraction of sp³-hybridized carbons (Fsp3) is 0.105. The maximum atomic E-state index is 13.8. The monoisotopic (exact) mass is 444 g/mol. The second-order valence-corrected chi connectivity index (χ2v) is 7.49. The summed E-state index contributed by atoms with van der Waals surface area (Å²) in [6.45, 7) is 0. The van der Waals surface area contributed by atoms with Gasteiger partial charge in [0.25, 0.3) is 5.89 Å². The quantitative estimate of drug-likeness (QED) is 0.448. The van der Waals surface area contributed by atoms with Crippen LogP contribution in [0, 0.1) is 5.82 Å². The lowest BCUT2D eigenvalue weighted by atomic mass is 10.2. The number of rotatable bonds is 6. The summed E-state index contributed by atoms with van der Waals surface area (Å²) in [7, 11) is 1.72. The van der Waals surface area contributed by atoms with Crippen LogP contribution in [0.3, 0.4) is 0 Å². The van der Waals surface area contributed by atoms with E-state index in [-0.39, 0.29) is 22.4 Å². The highest BCUT2D eigenvalue weighted by molar-refractivity contribution is 7.99. The highest BCUT2D eigenvalue weighted by atomic mass is 35.5. The molecule has 2 heterocycles. The topological polar surface area (TPSA) is 98.7 Å². The van der Waals surface area contributed by atoms with Crippen molar-refractivity contribution in [2.45, 2.75) is 5.16 Å². The number of thioether (sulfide) groups is 1. The smallest absolute Gasteiger partial charge is 0.296 e. The molecule has 0 saturated heterocycles. The lowest BCUT2D eigenvalue weighted by Crippen LogP contribution is -2.15. The van der Waals surface area contributed by atoms with Gasteiger partial charge < -0.3 is 14.4 Å². The van der Waals surface area contributed by atoms with Gasteiger partial charge in [-0.25, -0.2) is 4.39 Å². The van der Waals surface area contributed by atoms with Gasteiger partial charge in [-0.2, -0.15) is 4.98 Å². The molecule has 0 saturated carbocycles. The van der Waals surface area contributed by atoms with Crippen molar-refractivity contribution in [2.24, 2.45) is 7.05 Å². The number of carbonyl (C=O) groups excluding carboxylic acids is 1. The first kappa shape index (κ1) is 20.0. The zero-order chi connectivity index (χ0) is 21.1. The molecule has 2 aromatic heterocycles. The summed E-state index contributed by atoms with van der Waals surface area (Å²) in [5.41, 5.74) is 0.873. The van der Waals surface area contributed by atoms with E-state index in [0.29, 0.717) is 16.8 Å². The van der Waals surface area contributed by atoms with E-state index in [1.54, 1.807) is 11.6 Å². The summed E-state index contributed by atoms with van der Waals surface area (Å²) >= 11 is 6.85. The maximum absolute atomic E-state index is 13.8. The van der Waals surface area contributed by atoms with Crippen molar-refractivity contribution in [1.82, 2.24) is 24.9 Å². The second kappa shape index (κ2) is 8.64. The molecule has 0 bridgehead atoms. The standard InChI is InChI=1S/C19H14ClFN6O2S/c1-27-17(18-23-16(26-29-18)11-5-3-2-4-6-11)24-25-19(27)30-10-15(28)22-14-8-7-12(20)9-13(14)21/h2-9H,10H2,1H3,(H,22,28). The SMILES string of the molecule is Cn1c(SCC(=O)Nc2ccc(Cl)cc2F)nnc1-c1nc(-c2ccccc2)no1. The van der Waals surface area contributed by atoms with Crippen LogP contribution in [0.15, 0.2) is 58.2 Å². The molecule has 4 rings (SSSR count). The summed E-state index contributed by atoms with van der Waals surface area (Å²) in [5, 5.41) is 15.3. The number of benzene rings is 2. The first-order chi connectivity index (χ1) is 14.5. The molecule has 0 aliphatic rings. The highest BCUT2D eigenvalue weighted by Crippen LogP contribution is 2.24. The normalized spacial score (nSPS) is 10.9. The molecule has 1 N–H and O–H groups in total. The Hall–Kier alpha value is -3.24. The minimum Gasteiger partial charge on any atom is -0.330 e. The third-order valence-electron chi connectivity index (χ3n) is 4.02. The largest absolute Gasteiger partial charge is 0.330 e. The van der Waals surface area contributed by atoms with Gasteiger partial charge in [0.1, 0.15) is 5.82 Å². The number of aromatic nitrogens is 5. The Bertz CT molecular complexity index is 1200. The van der Waals surface area contributed by atoms with E-state index >= 15 is 0 Å². The summed E-state index contributed by atoms with van der Waals surface area (Å²) in [6, 6.07) is 13.4. The van der Waals surface area contributed by atoms with Crippen LogP contribution in [0.25, 0.3) is 23.1 Å². The van der Waals surface area contributed by atoms with Gasteiger partial charge in [0, 0.05) is 17.6 Å². The van der Waals surface area contributed by atoms with E-state index in [2.05, 4.69) is 25.7 Å². The molecule has 0 fully saturated rings. The van der Waals surface area contributed by atoms with Crippen LogP contribution < -0.4 is 5.32 Å². The van der Waals surface area contributed by atoms with Crippen molar-refractivity contribution in [1.29, 1.82) is 0 Å². The van der Waals surface area contributed by atoms with Gasteiger partial charge >= 0.3 is 0 Å². The minimum absolute atomic E-state index is 0.00708. The number of halogens is 2. The Labute approximate surface area is 179 Å². The molecule has 8 nitrogen and oxygen atoms in total. The fourth-order valence-electron chi connectivity index (χ4n) is 2.55. The Balaban J connectivity index is 1.42. The van der Waals surface area contributed by atoms with Crippen molar-refractivity contribution < 1.29 is 13.7 Å². The Morgan fingerprint density at radius 1 is 1.23 bits per heavy atom. The molecule has 0 unspecified atom stereocenters. The van der Waals surface area contributed by atoms with Crippen LogP contribution in [-0.2, 0) is 11.8 Å². The molecule has 30 heavy (non-hydrogen) atoms. The van der Waals surface area contributed by atoms with E-state index < -0.39 is 11.7 Å². The number of nitrogens with one attached hydrogen (secondary N) is 1. The molecule has 0 radical (unpaired) electrons. The lowest BCUT2D eigenvalue weighted by molar-refractivity contribution is -0.113. The summed E-state index contributed by atoms with van der Waals surface area (Å²) in [6.07, 6.45) is 0. The average Bonchev–Trinajstić information content (AvgIpc) is 3.36. The van der Waals surface area contributed by atoms with E-state index in [1.807, 2.05) is 30.3 Å². The third-order valence-corrected chi connectivity index (χ3v) is 5.28. The number of hydrogen-bond donors (Lipinski definition) is 1. The number of amides is 1. The molecular weight excluding hydrogens is 431 g/mol. The van der Waals surface area contributed by atoms with E-state index in [1.165, 1.54) is 12.1 Å². The number of nitrogens with zero attached hydrogens (tertiary/aromatic N) is 5. The fourth-order valence-corrected chi connectivity index (χ4v) is 3.42. The van der Waals surface area contributed by atoms with Crippen molar-refractivity contribution in [3.8, 4) is 23.1 Å². The first-order valence-corrected chi connectivity index (χ1v) is 10.0. The van der Waals surface area contributed by atoms with Crippen LogP contribution in [0.1, 0.15) is 0 Å². The lowest BCUT2D eigenvalue weighted by Gasteiger charge is -2.06. The average molecular weight is 445 g/mol. The van der Waals surface area contributed by atoms with Crippen LogP contribution >= 0.6 is 23.4 Å². The first-order valence-electron chi connectivity index (χ1n) is 8.68. The van der Waals surface area contributed by atoms with Crippen LogP contribution in [-0.4, -0.2) is 36.6 Å². The van der Waals surface area contributed by atoms with Gasteiger partial charge in [0.05, 0.1) is 11.4 Å². The van der Waals surface area contributed by atoms with Gasteiger partial charge in [-0.15, -0.1) is 10.2 Å². The van der Waals surface area contributed by atoms with E-state index in [9.17, 15) is 9.18 Å². The highest BCUT2D eigenvalue weighted by Gasteiger charge is 2.19. The number of carbonyl (C=O) groups is 1. The predicted octanol–water partition coefficient (Wildman–Crippen LogP) is 4.06. The third kappa shape index (κ3) is 4.34. The van der Waals surface area contributed by atoms with Crippen LogP contribution in [0.5, 0.6) is 0 Å². The molecule has 2 aromatic carbocycles. The maximum Gasteiger partial charge on any atom is 0.296 e. The molecule has 0 aliphatic carbocycles. The molecule has 1 amide bonds. The zero-order valence-corrected chi connectivity index (χ0v) is 17.1. The minimum atomic E-state index is -0.604. The second-order valence-electron chi connectivity index (χ2n) is 6.12. The molecule has 0 aliphatic heterocycles. The van der Waals surface area contributed by atoms with Crippen LogP contribution in [0.2, 0.25) is 5.02 Å². The van der Waals surface area contributed by atoms with Crippen molar-refractivity contribution in [2.75, 3.05) is 11.1 Å². The molecular formula is C19H14ClFN6O2S. The molecule has 0 atom stereocenters. The van der Waals surface area contributed by atoms with Crippen LogP contribution in [0.4, 0.5) is 10.1 Å². The van der Waals surface area contributed by atoms with Crippen molar-refractivity contribution >= 4 is 35.0 Å². The predicted molar refractivity (Wildman–Crippen MR) is 110 cm³/mol. The number of anilines is 1. The zero-order valence-electron chi connectivity index (χ0n) is 15.5. The van der Waals surface area contributed by atoms with Gasteiger partial charge in [-0.3, -0.25) is 4.79 Å². The van der Waals surface area contributed by atoms with Gasteiger partial charge in [0.2, 0.25) is 17.6 Å². The van der Waals surface area contributed by atoms with E-state index in [0.717, 1.165) is 23.4 Å². The summed E-state index contributed by atoms with van der Waals surface area (Å²) < 4.78 is 20.7. The van der Waals surface area contributed by atoms with E-state index in [4.69, 9.17) is 16.1 Å². The molecule has 0 spiro atoms. The van der Waals surface area contributed by atoms with Crippen molar-refractivity contribution in [3.05, 3.63) is 59.4 Å². The Morgan fingerprint density at radius 3 is 2.80 bits per heavy atom. The molecule has 4 aromatic rings. The number of hydrogen-bond acceptors (Lipinski definition) is 7. The van der Waals surface area contributed by atoms with Gasteiger partial charge in [-0.1, -0.05) is 58.9 Å².